The van der Waals surface area contributed by atoms with Crippen molar-refractivity contribution in [1.29, 1.82) is 0 Å². The van der Waals surface area contributed by atoms with Crippen molar-refractivity contribution in [1.82, 2.24) is 0 Å². The van der Waals surface area contributed by atoms with E-state index in [1.54, 1.807) is 6.07 Å². The largest absolute Gasteiger partial charge is 0.456 e. The van der Waals surface area contributed by atoms with Crippen LogP contribution in [0.2, 0.25) is 0 Å². The fourth-order valence-corrected chi connectivity index (χ4v) is 2.89. The summed E-state index contributed by atoms with van der Waals surface area (Å²) >= 11 is 3.43. The predicted molar refractivity (Wildman–Crippen MR) is 93.1 cm³/mol. The van der Waals surface area contributed by atoms with Gasteiger partial charge in [-0.3, -0.25) is 4.79 Å². The monoisotopic (exact) mass is 350 g/mol. The molecule has 0 unspecified atom stereocenters. The Balaban J connectivity index is 1.99. The molecule has 1 aromatic heterocycles. The van der Waals surface area contributed by atoms with E-state index in [-0.39, 0.29) is 5.43 Å². The maximum absolute atomic E-state index is 12.5. The minimum absolute atomic E-state index is 0.0132. The van der Waals surface area contributed by atoms with E-state index >= 15 is 0 Å². The highest BCUT2D eigenvalue weighted by Crippen LogP contribution is 2.26. The van der Waals surface area contributed by atoms with Crippen molar-refractivity contribution in [3.8, 4) is 11.1 Å². The van der Waals surface area contributed by atoms with Gasteiger partial charge in [0.05, 0.1) is 10.8 Å². The van der Waals surface area contributed by atoms with Crippen molar-refractivity contribution in [2.75, 3.05) is 0 Å². The molecule has 2 nitrogen and oxygen atoms in total. The van der Waals surface area contributed by atoms with Gasteiger partial charge in [0.2, 0.25) is 5.43 Å². The van der Waals surface area contributed by atoms with Crippen LogP contribution in [0.15, 0.2) is 80.4 Å². The molecule has 0 bridgehead atoms. The average Bonchev–Trinajstić information content (AvgIpc) is 2.55. The third kappa shape index (κ3) is 2.14. The fraction of sp³-hybridized carbons (Fsp3) is 0. The fourth-order valence-electron chi connectivity index (χ4n) is 2.62. The van der Waals surface area contributed by atoms with Gasteiger partial charge < -0.3 is 4.42 Å². The molecule has 22 heavy (non-hydrogen) atoms. The lowest BCUT2D eigenvalue weighted by Gasteiger charge is -2.05. The third-order valence-corrected chi connectivity index (χ3v) is 4.28. The Bertz CT molecular complexity index is 1050. The van der Waals surface area contributed by atoms with Gasteiger partial charge in [0.25, 0.3) is 0 Å². The SMILES string of the molecule is O=c1c2ccccc2oc2cc(-c3ccc(Br)cc3)ccc12. The van der Waals surface area contributed by atoms with Gasteiger partial charge in [-0.1, -0.05) is 46.3 Å². The summed E-state index contributed by atoms with van der Waals surface area (Å²) in [5, 5.41) is 1.23. The van der Waals surface area contributed by atoms with Crippen molar-refractivity contribution in [3.63, 3.8) is 0 Å². The second kappa shape index (κ2) is 5.11. The molecule has 4 rings (SSSR count). The highest BCUT2D eigenvalue weighted by Gasteiger charge is 2.08. The molecule has 0 amide bonds. The molecule has 0 aliphatic carbocycles. The molecule has 0 radical (unpaired) electrons. The zero-order valence-corrected chi connectivity index (χ0v) is 13.1. The number of para-hydroxylation sites is 1. The molecule has 0 aliphatic heterocycles. The standard InChI is InChI=1S/C19H11BrO2/c20-14-8-5-12(6-9-14)13-7-10-16-18(11-13)22-17-4-2-1-3-15(17)19(16)21/h1-11H. The maximum Gasteiger partial charge on any atom is 0.200 e. The van der Waals surface area contributed by atoms with Crippen LogP contribution in [-0.2, 0) is 0 Å². The molecule has 0 N–H and O–H groups in total. The number of benzene rings is 3. The quantitative estimate of drug-likeness (QED) is 0.431. The van der Waals surface area contributed by atoms with E-state index in [0.717, 1.165) is 15.6 Å². The number of rotatable bonds is 1. The Labute approximate surface area is 135 Å². The molecule has 1 heterocycles. The molecule has 106 valence electrons. The van der Waals surface area contributed by atoms with Crippen molar-refractivity contribution >= 4 is 37.9 Å². The molecule has 4 aromatic rings. The van der Waals surface area contributed by atoms with Crippen LogP contribution in [0, 0.1) is 0 Å². The molecule has 0 saturated heterocycles. The van der Waals surface area contributed by atoms with Crippen LogP contribution >= 0.6 is 15.9 Å². The van der Waals surface area contributed by atoms with Gasteiger partial charge in [-0.05, 0) is 47.5 Å². The van der Waals surface area contributed by atoms with Crippen LogP contribution in [-0.4, -0.2) is 0 Å². The summed E-state index contributed by atoms with van der Waals surface area (Å²) in [7, 11) is 0. The normalized spacial score (nSPS) is 11.1. The second-order valence-corrected chi connectivity index (χ2v) is 6.06. The summed E-state index contributed by atoms with van der Waals surface area (Å²) in [5.74, 6) is 0. The van der Waals surface area contributed by atoms with Crippen LogP contribution in [0.3, 0.4) is 0 Å². The first-order valence-electron chi connectivity index (χ1n) is 6.94. The minimum atomic E-state index is 0.0132. The topological polar surface area (TPSA) is 30.2 Å². The Morgan fingerprint density at radius 3 is 2.23 bits per heavy atom. The summed E-state index contributed by atoms with van der Waals surface area (Å²) in [6, 6.07) is 21.1. The molecule has 3 heteroatoms. The second-order valence-electron chi connectivity index (χ2n) is 5.15. The van der Waals surface area contributed by atoms with Gasteiger partial charge in [-0.15, -0.1) is 0 Å². The molecule has 3 aromatic carbocycles. The van der Waals surface area contributed by atoms with Gasteiger partial charge in [-0.2, -0.15) is 0 Å². The van der Waals surface area contributed by atoms with Crippen molar-refractivity contribution in [3.05, 3.63) is 81.4 Å². The highest BCUT2D eigenvalue weighted by molar-refractivity contribution is 9.10. The van der Waals surface area contributed by atoms with Crippen molar-refractivity contribution in [2.24, 2.45) is 0 Å². The minimum Gasteiger partial charge on any atom is -0.456 e. The Morgan fingerprint density at radius 1 is 0.727 bits per heavy atom. The Kier molecular flexibility index (Phi) is 3.09. The number of hydrogen-bond acceptors (Lipinski definition) is 2. The van der Waals surface area contributed by atoms with Crippen molar-refractivity contribution in [2.45, 2.75) is 0 Å². The third-order valence-electron chi connectivity index (χ3n) is 3.76. The molecule has 0 saturated carbocycles. The molecule has 0 spiro atoms. The lowest BCUT2D eigenvalue weighted by Crippen LogP contribution is -2.01. The van der Waals surface area contributed by atoms with E-state index in [2.05, 4.69) is 15.9 Å². The van der Waals surface area contributed by atoms with E-state index in [1.165, 1.54) is 0 Å². The van der Waals surface area contributed by atoms with Crippen LogP contribution in [0.1, 0.15) is 0 Å². The zero-order valence-electron chi connectivity index (χ0n) is 11.5. The van der Waals surface area contributed by atoms with Gasteiger partial charge >= 0.3 is 0 Å². The predicted octanol–water partition coefficient (Wildman–Crippen LogP) is 5.38. The lowest BCUT2D eigenvalue weighted by molar-refractivity contribution is 0.660. The maximum atomic E-state index is 12.5. The van der Waals surface area contributed by atoms with E-state index in [4.69, 9.17) is 4.42 Å². The summed E-state index contributed by atoms with van der Waals surface area (Å²) in [6.45, 7) is 0. The summed E-state index contributed by atoms with van der Waals surface area (Å²) in [6.07, 6.45) is 0. The van der Waals surface area contributed by atoms with Crippen LogP contribution < -0.4 is 5.43 Å². The average molecular weight is 351 g/mol. The smallest absolute Gasteiger partial charge is 0.200 e. The van der Waals surface area contributed by atoms with E-state index in [1.807, 2.05) is 60.7 Å². The van der Waals surface area contributed by atoms with Gasteiger partial charge in [-0.25, -0.2) is 0 Å². The van der Waals surface area contributed by atoms with Gasteiger partial charge in [0.1, 0.15) is 11.2 Å². The molecular weight excluding hydrogens is 340 g/mol. The lowest BCUT2D eigenvalue weighted by atomic mass is 10.0. The van der Waals surface area contributed by atoms with E-state index in [9.17, 15) is 4.79 Å². The van der Waals surface area contributed by atoms with Crippen molar-refractivity contribution < 1.29 is 4.42 Å². The number of hydrogen-bond donors (Lipinski definition) is 0. The number of halogens is 1. The highest BCUT2D eigenvalue weighted by atomic mass is 79.9. The molecule has 0 aliphatic rings. The van der Waals surface area contributed by atoms with Gasteiger partial charge in [0.15, 0.2) is 0 Å². The first kappa shape index (κ1) is 13.3. The van der Waals surface area contributed by atoms with E-state index < -0.39 is 0 Å². The first-order chi connectivity index (χ1) is 10.7. The summed E-state index contributed by atoms with van der Waals surface area (Å²) in [5.41, 5.74) is 3.36. The molecule has 0 fully saturated rings. The molecular formula is C19H11BrO2. The Hall–Kier alpha value is -2.39. The van der Waals surface area contributed by atoms with Crippen LogP contribution in [0.5, 0.6) is 0 Å². The summed E-state index contributed by atoms with van der Waals surface area (Å²) in [4.78, 5) is 12.5. The zero-order chi connectivity index (χ0) is 15.1. The van der Waals surface area contributed by atoms with Gasteiger partial charge in [0, 0.05) is 4.47 Å². The summed E-state index contributed by atoms with van der Waals surface area (Å²) < 4.78 is 6.94. The van der Waals surface area contributed by atoms with Crippen LogP contribution in [0.25, 0.3) is 33.1 Å². The van der Waals surface area contributed by atoms with E-state index in [0.29, 0.717) is 21.9 Å². The number of fused-ring (bicyclic) bond motifs is 2. The van der Waals surface area contributed by atoms with Crippen LogP contribution in [0.4, 0.5) is 0 Å². The Morgan fingerprint density at radius 2 is 1.41 bits per heavy atom. The first-order valence-corrected chi connectivity index (χ1v) is 7.73. The molecule has 0 atom stereocenters.